The normalized spacial score (nSPS) is 10.3. The lowest BCUT2D eigenvalue weighted by Gasteiger charge is -2.11. The zero-order valence-corrected chi connectivity index (χ0v) is 40.4. The highest BCUT2D eigenvalue weighted by molar-refractivity contribution is 6.32. The van der Waals surface area contributed by atoms with Crippen molar-refractivity contribution in [2.24, 2.45) is 0 Å². The number of nitrogens with one attached hydrogen (secondary N) is 1. The van der Waals surface area contributed by atoms with Gasteiger partial charge in [0, 0.05) is 49.9 Å². The summed E-state index contributed by atoms with van der Waals surface area (Å²) in [5.74, 6) is -2.86. The zero-order chi connectivity index (χ0) is 51.1. The number of anilines is 1. The third kappa shape index (κ3) is 18.2. The van der Waals surface area contributed by atoms with E-state index in [9.17, 15) is 19.2 Å². The first-order chi connectivity index (χ1) is 34.2. The van der Waals surface area contributed by atoms with Gasteiger partial charge in [-0.3, -0.25) is 9.59 Å². The summed E-state index contributed by atoms with van der Waals surface area (Å²) >= 11 is 23.8. The Labute approximate surface area is 428 Å². The zero-order valence-electron chi connectivity index (χ0n) is 37.4. The van der Waals surface area contributed by atoms with E-state index < -0.39 is 30.5 Å². The fourth-order valence-corrected chi connectivity index (χ4v) is 7.30. The smallest absolute Gasteiger partial charge is 0.341 e. The number of aryl methyl sites for hydroxylation is 1. The van der Waals surface area contributed by atoms with Gasteiger partial charge >= 0.3 is 23.9 Å². The maximum absolute atomic E-state index is 10.7. The summed E-state index contributed by atoms with van der Waals surface area (Å²) in [5.41, 5.74) is 9.03. The first-order valence-corrected chi connectivity index (χ1v) is 22.9. The fraction of sp³-hybridized carbons (Fsp3) is 0.0727. The minimum absolute atomic E-state index is 0.124. The van der Waals surface area contributed by atoms with E-state index in [0.717, 1.165) is 56.3 Å². The number of benzene rings is 7. The lowest BCUT2D eigenvalue weighted by molar-refractivity contribution is -0.139. The molecule has 0 atom stereocenters. The molecular formula is C55H44Cl4N2O10. The van der Waals surface area contributed by atoms with Crippen LogP contribution in [0.5, 0.6) is 5.75 Å². The number of aromatic nitrogens is 1. The van der Waals surface area contributed by atoms with E-state index in [4.69, 9.17) is 76.1 Å². The lowest BCUT2D eigenvalue weighted by atomic mass is 9.97. The summed E-state index contributed by atoms with van der Waals surface area (Å²) in [6, 6.07) is 52.0. The molecule has 0 saturated heterocycles. The van der Waals surface area contributed by atoms with Crippen LogP contribution >= 0.6 is 46.4 Å². The molecule has 12 nitrogen and oxygen atoms in total. The van der Waals surface area contributed by atoms with E-state index in [1.54, 1.807) is 54.6 Å². The summed E-state index contributed by atoms with van der Waals surface area (Å²) in [6.07, 6.45) is 4.81. The average molecular weight is 1030 g/mol. The van der Waals surface area contributed by atoms with Crippen LogP contribution in [0.15, 0.2) is 187 Å². The molecule has 0 unspecified atom stereocenters. The molecule has 1 aromatic heterocycles. The van der Waals surface area contributed by atoms with Gasteiger partial charge in [-0.15, -0.1) is 0 Å². The summed E-state index contributed by atoms with van der Waals surface area (Å²) < 4.78 is 10.1. The molecule has 5 N–H and O–H groups in total. The van der Waals surface area contributed by atoms with Gasteiger partial charge in [-0.1, -0.05) is 155 Å². The van der Waals surface area contributed by atoms with Gasteiger partial charge in [0.1, 0.15) is 12.3 Å². The van der Waals surface area contributed by atoms with Gasteiger partial charge in [0.05, 0.1) is 11.8 Å². The molecule has 0 aliphatic carbocycles. The molecule has 0 radical (unpaired) electrons. The van der Waals surface area contributed by atoms with Crippen LogP contribution in [-0.2, 0) is 25.6 Å². The molecule has 0 aliphatic heterocycles. The van der Waals surface area contributed by atoms with E-state index in [1.165, 1.54) is 6.20 Å². The highest BCUT2D eigenvalue weighted by atomic mass is 35.5. The van der Waals surface area contributed by atoms with Crippen molar-refractivity contribution in [3.8, 4) is 50.5 Å². The van der Waals surface area contributed by atoms with Crippen molar-refractivity contribution in [3.05, 3.63) is 213 Å². The molecule has 0 aliphatic rings. The maximum atomic E-state index is 10.7. The van der Waals surface area contributed by atoms with Crippen LogP contribution in [0, 0.1) is 0 Å². The number of aliphatic carboxylic acids is 4. The second kappa shape index (κ2) is 28.0. The number of hydrogen-bond donors (Lipinski definition) is 5. The second-order valence-corrected chi connectivity index (χ2v) is 16.6. The molecule has 1 heterocycles. The summed E-state index contributed by atoms with van der Waals surface area (Å²) in [7, 11) is 0. The van der Waals surface area contributed by atoms with Gasteiger partial charge in [-0.2, -0.15) is 0 Å². The Morgan fingerprint density at radius 3 is 1.59 bits per heavy atom. The van der Waals surface area contributed by atoms with E-state index in [0.29, 0.717) is 43.6 Å². The predicted octanol–water partition coefficient (Wildman–Crippen LogP) is 14.1. The van der Waals surface area contributed by atoms with Gasteiger partial charge in [-0.25, -0.2) is 9.59 Å². The van der Waals surface area contributed by atoms with Crippen LogP contribution in [0.2, 0.25) is 20.1 Å². The average Bonchev–Trinajstić information content (AvgIpc) is 3.91. The summed E-state index contributed by atoms with van der Waals surface area (Å²) in [5, 5.41) is 43.6. The Morgan fingerprint density at radius 1 is 0.549 bits per heavy atom. The van der Waals surface area contributed by atoms with E-state index in [-0.39, 0.29) is 13.0 Å². The number of ether oxygens (including phenoxy) is 1. The van der Waals surface area contributed by atoms with Crippen LogP contribution in [-0.4, -0.2) is 62.6 Å². The van der Waals surface area contributed by atoms with Crippen molar-refractivity contribution in [3.63, 3.8) is 0 Å². The lowest BCUT2D eigenvalue weighted by Crippen LogP contribution is -2.12. The SMILES string of the molecule is O=C(O)/C=C/c1ccc(Cl)cc1-c1ccccc1.O=C(O)CCc1ccc(Cl)cc1-c1ccccc1.O=C(O)CNc1ccc(Cl)cc1-c1ccccc1.O=C(O)COc1ccc(Cl)cc1-c1ccno1. The molecule has 0 fully saturated rings. The number of nitrogens with zero attached hydrogens (tertiary/aromatic N) is 1. The van der Waals surface area contributed by atoms with Crippen LogP contribution in [0.3, 0.4) is 0 Å². The topological polar surface area (TPSA) is 196 Å². The number of rotatable bonds is 15. The first-order valence-electron chi connectivity index (χ1n) is 21.3. The number of carboxylic acids is 4. The summed E-state index contributed by atoms with van der Waals surface area (Å²) in [4.78, 5) is 42.3. The van der Waals surface area contributed by atoms with E-state index >= 15 is 0 Å². The Bertz CT molecular complexity index is 2940. The third-order valence-electron chi connectivity index (χ3n) is 9.76. The van der Waals surface area contributed by atoms with E-state index in [1.807, 2.05) is 121 Å². The Morgan fingerprint density at radius 2 is 1.06 bits per heavy atom. The molecule has 7 aromatic carbocycles. The largest absolute Gasteiger partial charge is 0.481 e. The molecule has 362 valence electrons. The molecule has 16 heteroatoms. The predicted molar refractivity (Wildman–Crippen MR) is 279 cm³/mol. The molecule has 0 saturated carbocycles. The van der Waals surface area contributed by atoms with Gasteiger partial charge in [-0.05, 0) is 112 Å². The van der Waals surface area contributed by atoms with Gasteiger partial charge in [0.2, 0.25) is 0 Å². The number of hydrogen-bond acceptors (Lipinski definition) is 8. The van der Waals surface area contributed by atoms with Gasteiger partial charge in [0.25, 0.3) is 0 Å². The van der Waals surface area contributed by atoms with Crippen molar-refractivity contribution in [2.75, 3.05) is 18.5 Å². The Kier molecular flexibility index (Phi) is 21.3. The minimum Gasteiger partial charge on any atom is -0.481 e. The molecule has 71 heavy (non-hydrogen) atoms. The molecule has 0 amide bonds. The second-order valence-electron chi connectivity index (χ2n) is 14.8. The van der Waals surface area contributed by atoms with Crippen molar-refractivity contribution >= 4 is 82.0 Å². The third-order valence-corrected chi connectivity index (χ3v) is 10.7. The number of carbonyl (C=O) groups is 4. The summed E-state index contributed by atoms with van der Waals surface area (Å²) in [6.45, 7) is -0.551. The molecule has 8 rings (SSSR count). The van der Waals surface area contributed by atoms with Gasteiger partial charge < -0.3 is 35.0 Å². The first kappa shape index (κ1) is 54.1. The molecule has 8 aromatic rings. The minimum atomic E-state index is -1.05. The van der Waals surface area contributed by atoms with Crippen LogP contribution < -0.4 is 10.1 Å². The van der Waals surface area contributed by atoms with Crippen molar-refractivity contribution in [1.29, 1.82) is 0 Å². The fourth-order valence-electron chi connectivity index (χ4n) is 6.61. The number of halogens is 4. The Hall–Kier alpha value is -7.87. The standard InChI is InChI=1S/C15H13ClO2.C15H11ClO2.C14H12ClNO2.C11H8ClNO4/c2*16-13-8-6-12(7-9-15(17)18)14(10-13)11-4-2-1-3-5-11;15-11-6-7-13(16-9-14(17)18)12(8-11)10-4-2-1-3-5-10;12-7-1-2-9(16-6-11(14)15)8(5-7)10-3-4-13-17-10/h1-6,8,10H,7,9H2,(H,17,18);1-10H,(H,17,18);1-8,16H,9H2,(H,17,18);1-5H,6H2,(H,14,15)/b;9-7+;;. The van der Waals surface area contributed by atoms with Crippen molar-refractivity contribution in [2.45, 2.75) is 12.8 Å². The molecule has 0 bridgehead atoms. The monoisotopic (exact) mass is 1030 g/mol. The van der Waals surface area contributed by atoms with Crippen molar-refractivity contribution in [1.82, 2.24) is 5.16 Å². The molecular weight excluding hydrogens is 990 g/mol. The molecule has 0 spiro atoms. The van der Waals surface area contributed by atoms with Crippen LogP contribution in [0.1, 0.15) is 17.5 Å². The quantitative estimate of drug-likeness (QED) is 0.0610. The van der Waals surface area contributed by atoms with Crippen molar-refractivity contribution < 1.29 is 48.9 Å². The van der Waals surface area contributed by atoms with E-state index in [2.05, 4.69) is 10.5 Å². The Balaban J connectivity index is 0.000000176. The van der Waals surface area contributed by atoms with Crippen LogP contribution in [0.25, 0.3) is 50.8 Å². The van der Waals surface area contributed by atoms with Crippen LogP contribution in [0.4, 0.5) is 5.69 Å². The number of carboxylic acid groups (broad SMARTS) is 4. The van der Waals surface area contributed by atoms with Gasteiger partial charge in [0.15, 0.2) is 12.4 Å². The highest BCUT2D eigenvalue weighted by Gasteiger charge is 2.13. The maximum Gasteiger partial charge on any atom is 0.341 e. The highest BCUT2D eigenvalue weighted by Crippen LogP contribution is 2.34.